The Balaban J connectivity index is 1.90. The summed E-state index contributed by atoms with van der Waals surface area (Å²) in [6.07, 6.45) is 5.40. The second-order valence-electron chi connectivity index (χ2n) is 6.65. The van der Waals surface area contributed by atoms with E-state index in [0.717, 1.165) is 31.2 Å². The molecule has 1 atom stereocenters. The van der Waals surface area contributed by atoms with Crippen molar-refractivity contribution >= 4 is 17.5 Å². The SMILES string of the molecule is C=CC(=O)Nc1cccc(CC(=O)NC(CCC)CCc2ccccc2)c1. The van der Waals surface area contributed by atoms with Crippen molar-refractivity contribution in [3.63, 3.8) is 0 Å². The van der Waals surface area contributed by atoms with Crippen LogP contribution < -0.4 is 10.6 Å². The normalized spacial score (nSPS) is 11.4. The van der Waals surface area contributed by atoms with Gasteiger partial charge in [0.1, 0.15) is 0 Å². The molecule has 0 aromatic heterocycles. The Kier molecular flexibility index (Phi) is 8.30. The molecule has 2 aromatic carbocycles. The molecule has 4 nitrogen and oxygen atoms in total. The van der Waals surface area contributed by atoms with E-state index in [0.29, 0.717) is 12.1 Å². The summed E-state index contributed by atoms with van der Waals surface area (Å²) in [7, 11) is 0. The fourth-order valence-corrected chi connectivity index (χ4v) is 3.04. The molecular formula is C23H28N2O2. The van der Waals surface area contributed by atoms with Gasteiger partial charge in [-0.3, -0.25) is 9.59 Å². The van der Waals surface area contributed by atoms with E-state index in [9.17, 15) is 9.59 Å². The summed E-state index contributed by atoms with van der Waals surface area (Å²) in [5.41, 5.74) is 2.82. The summed E-state index contributed by atoms with van der Waals surface area (Å²) in [6.45, 7) is 5.57. The van der Waals surface area contributed by atoms with Crippen LogP contribution in [-0.2, 0) is 22.4 Å². The number of hydrogen-bond acceptors (Lipinski definition) is 2. The first-order valence-electron chi connectivity index (χ1n) is 9.46. The third kappa shape index (κ3) is 7.48. The van der Waals surface area contributed by atoms with Crippen LogP contribution in [0.2, 0.25) is 0 Å². The lowest BCUT2D eigenvalue weighted by molar-refractivity contribution is -0.121. The Morgan fingerprint density at radius 3 is 2.48 bits per heavy atom. The number of anilines is 1. The predicted molar refractivity (Wildman–Crippen MR) is 111 cm³/mol. The Hall–Kier alpha value is -2.88. The second-order valence-corrected chi connectivity index (χ2v) is 6.65. The van der Waals surface area contributed by atoms with E-state index in [1.807, 2.05) is 36.4 Å². The lowest BCUT2D eigenvalue weighted by Crippen LogP contribution is -2.36. The van der Waals surface area contributed by atoms with Gasteiger partial charge in [-0.15, -0.1) is 0 Å². The highest BCUT2D eigenvalue weighted by atomic mass is 16.2. The van der Waals surface area contributed by atoms with Crippen LogP contribution in [0, 0.1) is 0 Å². The fraction of sp³-hybridized carbons (Fsp3) is 0.304. The van der Waals surface area contributed by atoms with Gasteiger partial charge >= 0.3 is 0 Å². The molecule has 0 heterocycles. The minimum Gasteiger partial charge on any atom is -0.353 e. The number of nitrogens with one attached hydrogen (secondary N) is 2. The number of amides is 2. The highest BCUT2D eigenvalue weighted by molar-refractivity contribution is 5.98. The third-order valence-electron chi connectivity index (χ3n) is 4.37. The maximum atomic E-state index is 12.5. The van der Waals surface area contributed by atoms with Crippen LogP contribution in [0.5, 0.6) is 0 Å². The Labute approximate surface area is 161 Å². The quantitative estimate of drug-likeness (QED) is 0.619. The van der Waals surface area contributed by atoms with Gasteiger partial charge in [0.05, 0.1) is 6.42 Å². The summed E-state index contributed by atoms with van der Waals surface area (Å²) < 4.78 is 0. The Bertz CT molecular complexity index is 756. The molecule has 2 N–H and O–H groups in total. The van der Waals surface area contributed by atoms with Gasteiger partial charge in [-0.25, -0.2) is 0 Å². The molecule has 1 unspecified atom stereocenters. The second kappa shape index (κ2) is 11.0. The molecule has 4 heteroatoms. The molecule has 2 amide bonds. The van der Waals surface area contributed by atoms with Crippen molar-refractivity contribution in [3.05, 3.63) is 78.4 Å². The number of benzene rings is 2. The Morgan fingerprint density at radius 1 is 1.04 bits per heavy atom. The van der Waals surface area contributed by atoms with Crippen LogP contribution in [-0.4, -0.2) is 17.9 Å². The van der Waals surface area contributed by atoms with Crippen LogP contribution in [0.15, 0.2) is 67.3 Å². The molecule has 0 spiro atoms. The van der Waals surface area contributed by atoms with E-state index < -0.39 is 0 Å². The van der Waals surface area contributed by atoms with Crippen LogP contribution in [0.1, 0.15) is 37.3 Å². The van der Waals surface area contributed by atoms with Gasteiger partial charge in [-0.05, 0) is 48.6 Å². The summed E-state index contributed by atoms with van der Waals surface area (Å²) >= 11 is 0. The summed E-state index contributed by atoms with van der Waals surface area (Å²) in [5.74, 6) is -0.255. The van der Waals surface area contributed by atoms with Gasteiger partial charge in [-0.1, -0.05) is 62.4 Å². The minimum absolute atomic E-state index is 0.00806. The average Bonchev–Trinajstić information content (AvgIpc) is 2.67. The maximum absolute atomic E-state index is 12.5. The molecule has 0 saturated heterocycles. The lowest BCUT2D eigenvalue weighted by Gasteiger charge is -2.18. The van der Waals surface area contributed by atoms with E-state index >= 15 is 0 Å². The third-order valence-corrected chi connectivity index (χ3v) is 4.37. The van der Waals surface area contributed by atoms with Crippen molar-refractivity contribution in [1.29, 1.82) is 0 Å². The van der Waals surface area contributed by atoms with Crippen molar-refractivity contribution in [1.82, 2.24) is 5.32 Å². The van der Waals surface area contributed by atoms with E-state index in [1.54, 1.807) is 6.07 Å². The molecule has 2 rings (SSSR count). The van der Waals surface area contributed by atoms with Gasteiger partial charge in [0.25, 0.3) is 0 Å². The highest BCUT2D eigenvalue weighted by Gasteiger charge is 2.12. The smallest absolute Gasteiger partial charge is 0.247 e. The Morgan fingerprint density at radius 2 is 1.78 bits per heavy atom. The van der Waals surface area contributed by atoms with E-state index in [-0.39, 0.29) is 17.9 Å². The number of carbonyl (C=O) groups excluding carboxylic acids is 2. The lowest BCUT2D eigenvalue weighted by atomic mass is 10.0. The predicted octanol–water partition coefficient (Wildman–Crippen LogP) is 4.27. The van der Waals surface area contributed by atoms with Crippen molar-refractivity contribution in [2.24, 2.45) is 0 Å². The summed E-state index contributed by atoms with van der Waals surface area (Å²) in [4.78, 5) is 23.9. The van der Waals surface area contributed by atoms with Crippen molar-refractivity contribution in [2.45, 2.75) is 45.1 Å². The molecule has 0 radical (unpaired) electrons. The highest BCUT2D eigenvalue weighted by Crippen LogP contribution is 2.13. The number of carbonyl (C=O) groups is 2. The van der Waals surface area contributed by atoms with E-state index in [2.05, 4.69) is 36.3 Å². The van der Waals surface area contributed by atoms with Crippen molar-refractivity contribution < 1.29 is 9.59 Å². The average molecular weight is 364 g/mol. The monoisotopic (exact) mass is 364 g/mol. The number of rotatable bonds is 10. The summed E-state index contributed by atoms with van der Waals surface area (Å²) in [5, 5.41) is 5.88. The standard InChI is InChI=1S/C23H28N2O2/c1-3-9-20(15-14-18-10-6-5-7-11-18)24-23(27)17-19-12-8-13-21(16-19)25-22(26)4-2/h4-8,10-13,16,20H,2-3,9,14-15,17H2,1H3,(H,24,27)(H,25,26). The molecule has 0 aliphatic carbocycles. The van der Waals surface area contributed by atoms with Gasteiger partial charge in [0.2, 0.25) is 11.8 Å². The zero-order valence-electron chi connectivity index (χ0n) is 15.9. The van der Waals surface area contributed by atoms with Crippen LogP contribution in [0.3, 0.4) is 0 Å². The number of hydrogen-bond donors (Lipinski definition) is 2. The molecule has 0 aliphatic heterocycles. The molecule has 0 aliphatic rings. The van der Waals surface area contributed by atoms with Crippen molar-refractivity contribution in [3.8, 4) is 0 Å². The van der Waals surface area contributed by atoms with E-state index in [1.165, 1.54) is 11.6 Å². The first kappa shape index (κ1) is 20.4. The van der Waals surface area contributed by atoms with Crippen LogP contribution >= 0.6 is 0 Å². The molecule has 142 valence electrons. The fourth-order valence-electron chi connectivity index (χ4n) is 3.04. The molecular weight excluding hydrogens is 336 g/mol. The van der Waals surface area contributed by atoms with Gasteiger partial charge < -0.3 is 10.6 Å². The molecule has 27 heavy (non-hydrogen) atoms. The first-order chi connectivity index (χ1) is 13.1. The largest absolute Gasteiger partial charge is 0.353 e. The molecule has 2 aromatic rings. The zero-order chi connectivity index (χ0) is 19.5. The van der Waals surface area contributed by atoms with Crippen molar-refractivity contribution in [2.75, 3.05) is 5.32 Å². The van der Waals surface area contributed by atoms with Crippen LogP contribution in [0.25, 0.3) is 0 Å². The molecule has 0 saturated carbocycles. The molecule has 0 fully saturated rings. The maximum Gasteiger partial charge on any atom is 0.247 e. The van der Waals surface area contributed by atoms with Gasteiger partial charge in [-0.2, -0.15) is 0 Å². The summed E-state index contributed by atoms with van der Waals surface area (Å²) in [6, 6.07) is 17.8. The van der Waals surface area contributed by atoms with Crippen LogP contribution in [0.4, 0.5) is 5.69 Å². The minimum atomic E-state index is -0.263. The molecule has 0 bridgehead atoms. The zero-order valence-corrected chi connectivity index (χ0v) is 15.9. The topological polar surface area (TPSA) is 58.2 Å². The number of aryl methyl sites for hydroxylation is 1. The van der Waals surface area contributed by atoms with Gasteiger partial charge in [0.15, 0.2) is 0 Å². The van der Waals surface area contributed by atoms with E-state index in [4.69, 9.17) is 0 Å². The van der Waals surface area contributed by atoms with Gasteiger partial charge in [0, 0.05) is 11.7 Å². The first-order valence-corrected chi connectivity index (χ1v) is 9.46.